The summed E-state index contributed by atoms with van der Waals surface area (Å²) in [7, 11) is 0. The monoisotopic (exact) mass is 676 g/mol. The summed E-state index contributed by atoms with van der Waals surface area (Å²) < 4.78 is 0. The van der Waals surface area contributed by atoms with E-state index in [0.29, 0.717) is 10.0 Å². The highest BCUT2D eigenvalue weighted by atomic mass is 35.5. The zero-order valence-electron chi connectivity index (χ0n) is 23.9. The van der Waals surface area contributed by atoms with Crippen LogP contribution >= 0.6 is 58.0 Å². The Balaban J connectivity index is 0.000000169. The molecule has 2 fully saturated rings. The molecule has 6 rings (SSSR count). The average molecular weight is 679 g/mol. The Morgan fingerprint density at radius 1 is 0.419 bits per heavy atom. The Labute approximate surface area is 280 Å². The van der Waals surface area contributed by atoms with Gasteiger partial charge in [-0.1, -0.05) is 94.9 Å². The minimum Gasteiger partial charge on any atom is -0.314 e. The second-order valence-electron chi connectivity index (χ2n) is 10.3. The van der Waals surface area contributed by atoms with E-state index >= 15 is 0 Å². The van der Waals surface area contributed by atoms with Crippen molar-refractivity contribution in [3.05, 3.63) is 139 Å². The summed E-state index contributed by atoms with van der Waals surface area (Å²) in [4.78, 5) is 2.50. The summed E-state index contributed by atoms with van der Waals surface area (Å²) in [6.07, 6.45) is 0. The van der Waals surface area contributed by atoms with E-state index in [4.69, 9.17) is 58.0 Å². The molecule has 0 atom stereocenters. The topological polar surface area (TPSA) is 39.3 Å². The molecule has 2 saturated heterocycles. The number of hydrogen-bond acceptors (Lipinski definition) is 4. The number of hydrogen-bond donors (Lipinski definition) is 3. The minimum absolute atomic E-state index is 0.172. The molecular weight excluding hydrogens is 642 g/mol. The van der Waals surface area contributed by atoms with Crippen LogP contribution in [0.1, 0.15) is 33.7 Å². The highest BCUT2D eigenvalue weighted by Crippen LogP contribution is 2.31. The lowest BCUT2D eigenvalue weighted by atomic mass is 9.96. The molecule has 0 saturated carbocycles. The molecule has 43 heavy (non-hydrogen) atoms. The van der Waals surface area contributed by atoms with Gasteiger partial charge in [-0.15, -0.1) is 11.6 Å². The number of halogens is 5. The predicted molar refractivity (Wildman–Crippen MR) is 186 cm³/mol. The van der Waals surface area contributed by atoms with Crippen molar-refractivity contribution in [2.75, 3.05) is 52.4 Å². The third kappa shape index (κ3) is 11.2. The van der Waals surface area contributed by atoms with Gasteiger partial charge in [-0.25, -0.2) is 0 Å². The van der Waals surface area contributed by atoms with Gasteiger partial charge in [0.25, 0.3) is 0 Å². The second-order valence-corrected chi connectivity index (χ2v) is 12.4. The van der Waals surface area contributed by atoms with Crippen molar-refractivity contribution in [2.45, 2.75) is 11.4 Å². The second kappa shape index (κ2) is 18.2. The fraction of sp³-hybridized carbons (Fsp3) is 0.294. The fourth-order valence-corrected chi connectivity index (χ4v) is 5.70. The van der Waals surface area contributed by atoms with Crippen molar-refractivity contribution >= 4 is 58.0 Å². The van der Waals surface area contributed by atoms with Gasteiger partial charge in [0.1, 0.15) is 0 Å². The Bertz CT molecular complexity index is 1240. The van der Waals surface area contributed by atoms with Crippen LogP contribution in [0.3, 0.4) is 0 Å². The molecule has 3 N–H and O–H groups in total. The van der Waals surface area contributed by atoms with Crippen LogP contribution in [0.5, 0.6) is 0 Å². The third-order valence-corrected chi connectivity index (χ3v) is 8.68. The summed E-state index contributed by atoms with van der Waals surface area (Å²) >= 11 is 30.1. The van der Waals surface area contributed by atoms with E-state index in [1.165, 1.54) is 11.1 Å². The van der Waals surface area contributed by atoms with Gasteiger partial charge in [-0.05, 0) is 70.8 Å². The van der Waals surface area contributed by atoms with E-state index in [1.807, 2.05) is 72.8 Å². The van der Waals surface area contributed by atoms with Crippen molar-refractivity contribution in [3.63, 3.8) is 0 Å². The average Bonchev–Trinajstić information content (AvgIpc) is 3.05. The molecule has 2 aliphatic rings. The molecule has 0 amide bonds. The highest BCUT2D eigenvalue weighted by molar-refractivity contribution is 6.31. The van der Waals surface area contributed by atoms with E-state index in [2.05, 4.69) is 45.1 Å². The number of nitrogens with zero attached hydrogens (tertiary/aromatic N) is 1. The number of alkyl halides is 1. The van der Waals surface area contributed by atoms with Crippen LogP contribution in [0.15, 0.2) is 97.1 Å². The van der Waals surface area contributed by atoms with Crippen LogP contribution in [0, 0.1) is 0 Å². The predicted octanol–water partition coefficient (Wildman–Crippen LogP) is 8.49. The number of nitrogens with one attached hydrogen (secondary N) is 3. The van der Waals surface area contributed by atoms with Crippen LogP contribution < -0.4 is 16.0 Å². The van der Waals surface area contributed by atoms with E-state index in [1.54, 1.807) is 0 Å². The van der Waals surface area contributed by atoms with Gasteiger partial charge in [0.05, 0.1) is 11.4 Å². The lowest BCUT2D eigenvalue weighted by Crippen LogP contribution is -2.45. The van der Waals surface area contributed by atoms with E-state index in [0.717, 1.165) is 73.5 Å². The molecule has 228 valence electrons. The molecule has 4 aromatic rings. The summed E-state index contributed by atoms with van der Waals surface area (Å²) in [5.41, 5.74) is 4.58. The quantitative estimate of drug-likeness (QED) is 0.185. The maximum atomic E-state index is 6.35. The van der Waals surface area contributed by atoms with Crippen molar-refractivity contribution < 1.29 is 0 Å². The number of benzene rings is 4. The summed E-state index contributed by atoms with van der Waals surface area (Å²) in [5.74, 6) is 0. The number of piperazine rings is 2. The van der Waals surface area contributed by atoms with Crippen molar-refractivity contribution in [2.24, 2.45) is 0 Å². The smallest absolute Gasteiger partial charge is 0.0835 e. The van der Waals surface area contributed by atoms with Crippen LogP contribution in [-0.4, -0.2) is 57.3 Å². The molecule has 0 spiro atoms. The Kier molecular flexibility index (Phi) is 14.4. The summed E-state index contributed by atoms with van der Waals surface area (Å²) in [6.45, 7) is 8.68. The van der Waals surface area contributed by atoms with Gasteiger partial charge in [0.2, 0.25) is 0 Å². The van der Waals surface area contributed by atoms with Crippen LogP contribution in [0.25, 0.3) is 0 Å². The van der Waals surface area contributed by atoms with Gasteiger partial charge in [-0.3, -0.25) is 4.90 Å². The van der Waals surface area contributed by atoms with Crippen molar-refractivity contribution in [1.82, 2.24) is 20.9 Å². The van der Waals surface area contributed by atoms with Gasteiger partial charge < -0.3 is 16.0 Å². The Morgan fingerprint density at radius 3 is 1.00 bits per heavy atom. The van der Waals surface area contributed by atoms with Crippen molar-refractivity contribution in [1.29, 1.82) is 0 Å². The molecule has 2 aliphatic heterocycles. The summed E-state index contributed by atoms with van der Waals surface area (Å²) in [5, 5.41) is 12.6. The molecular formula is C34H37Cl5N4. The van der Waals surface area contributed by atoms with E-state index in [9.17, 15) is 0 Å². The fourth-order valence-electron chi connectivity index (χ4n) is 4.90. The Morgan fingerprint density at radius 2 is 0.698 bits per heavy atom. The zero-order valence-corrected chi connectivity index (χ0v) is 27.7. The minimum atomic E-state index is -0.172. The van der Waals surface area contributed by atoms with Crippen LogP contribution in [0.2, 0.25) is 20.1 Å². The van der Waals surface area contributed by atoms with E-state index in [-0.39, 0.29) is 11.4 Å². The molecule has 0 bridgehead atoms. The maximum Gasteiger partial charge on any atom is 0.0835 e. The first-order valence-corrected chi connectivity index (χ1v) is 16.4. The maximum absolute atomic E-state index is 6.35. The Hall–Kier alpha value is -1.83. The molecule has 4 nitrogen and oxygen atoms in total. The van der Waals surface area contributed by atoms with Gasteiger partial charge in [0, 0.05) is 72.4 Å². The van der Waals surface area contributed by atoms with Gasteiger partial charge >= 0.3 is 0 Å². The van der Waals surface area contributed by atoms with E-state index < -0.39 is 0 Å². The molecule has 4 aromatic carbocycles. The first kappa shape index (κ1) is 34.1. The first-order valence-electron chi connectivity index (χ1n) is 14.4. The standard InChI is InChI=1S/C17H18Cl2N2.C13H9Cl3.C4H10N2/c18-15-5-1-13(2-6-15)17(21-11-9-20-10-12-21)14-3-7-16(19)8-4-14;14-11-5-1-9(2-6-11)13(16)10-3-7-12(15)8-4-10;1-2-6-4-3-5-1/h1-8,17,20H,9-12H2;1-8,13H;5-6H,1-4H2. The summed E-state index contributed by atoms with van der Waals surface area (Å²) in [6, 6.07) is 31.6. The van der Waals surface area contributed by atoms with Crippen LogP contribution in [0.4, 0.5) is 0 Å². The molecule has 0 unspecified atom stereocenters. The molecule has 9 heteroatoms. The van der Waals surface area contributed by atoms with Crippen molar-refractivity contribution in [3.8, 4) is 0 Å². The first-order chi connectivity index (χ1) is 20.9. The third-order valence-electron chi connectivity index (χ3n) is 7.17. The lowest BCUT2D eigenvalue weighted by molar-refractivity contribution is 0.198. The van der Waals surface area contributed by atoms with Crippen LogP contribution in [-0.2, 0) is 0 Å². The highest BCUT2D eigenvalue weighted by Gasteiger charge is 2.23. The zero-order chi connectivity index (χ0) is 30.4. The molecule has 0 radical (unpaired) electrons. The molecule has 0 aliphatic carbocycles. The van der Waals surface area contributed by atoms with Gasteiger partial charge in [0.15, 0.2) is 0 Å². The SMILES string of the molecule is C1CNCCN1.Clc1ccc(C(Cl)c2ccc(Cl)cc2)cc1.Clc1ccc(C(c2ccc(Cl)cc2)N2CCNCC2)cc1. The van der Waals surface area contributed by atoms with Gasteiger partial charge in [-0.2, -0.15) is 0 Å². The number of rotatable bonds is 5. The lowest BCUT2D eigenvalue weighted by Gasteiger charge is -2.35. The molecule has 2 heterocycles. The molecule has 0 aromatic heterocycles. The largest absolute Gasteiger partial charge is 0.314 e. The normalized spacial score (nSPS) is 15.3.